The smallest absolute Gasteiger partial charge is 0.282 e. The van der Waals surface area contributed by atoms with Gasteiger partial charge in [0.2, 0.25) is 0 Å². The van der Waals surface area contributed by atoms with E-state index in [0.29, 0.717) is 11.8 Å². The second kappa shape index (κ2) is 6.58. The number of hydrogen-bond donors (Lipinski definition) is 1. The van der Waals surface area contributed by atoms with Gasteiger partial charge in [0, 0.05) is 5.39 Å². The summed E-state index contributed by atoms with van der Waals surface area (Å²) in [7, 11) is -4.23. The molecule has 0 spiro atoms. The lowest BCUT2D eigenvalue weighted by Gasteiger charge is -2.16. The number of unbranched alkanes of at least 4 members (excludes halogenated alkanes) is 1. The zero-order valence-electron chi connectivity index (χ0n) is 12.6. The molecule has 2 aromatic carbocycles. The Labute approximate surface area is 126 Å². The van der Waals surface area contributed by atoms with Gasteiger partial charge in [-0.15, -0.1) is 0 Å². The van der Waals surface area contributed by atoms with Gasteiger partial charge in [-0.1, -0.05) is 57.0 Å². The third-order valence-electron chi connectivity index (χ3n) is 3.75. The minimum absolute atomic E-state index is 0.109. The van der Waals surface area contributed by atoms with Crippen LogP contribution in [0.25, 0.3) is 10.8 Å². The number of fused-ring (bicyclic) bond motifs is 1. The van der Waals surface area contributed by atoms with E-state index in [9.17, 15) is 13.0 Å². The number of hydrogen-bond acceptors (Lipinski definition) is 2. The van der Waals surface area contributed by atoms with Gasteiger partial charge >= 0.3 is 0 Å². The maximum Gasteiger partial charge on any atom is 0.295 e. The second-order valence-electron chi connectivity index (χ2n) is 5.39. The van der Waals surface area contributed by atoms with E-state index in [1.807, 2.05) is 12.1 Å². The summed E-state index contributed by atoms with van der Waals surface area (Å²) in [6.45, 7) is 4.15. The predicted octanol–water partition coefficient (Wildman–Crippen LogP) is 4.38. The Morgan fingerprint density at radius 2 is 1.76 bits per heavy atom. The van der Waals surface area contributed by atoms with Gasteiger partial charge < -0.3 is 0 Å². The van der Waals surface area contributed by atoms with Crippen LogP contribution < -0.4 is 0 Å². The van der Waals surface area contributed by atoms with E-state index >= 15 is 0 Å². The standard InChI is InChI=1S/C17H22O3S/c1-3-5-10-15-13(8-4-2)12-14-9-6-7-11-16(14)17(15)21(18,19)20/h6-7,9,11-12H,3-5,8,10H2,1-2H3,(H,18,19,20). The van der Waals surface area contributed by atoms with Gasteiger partial charge in [0.1, 0.15) is 4.90 Å². The van der Waals surface area contributed by atoms with E-state index in [-0.39, 0.29) is 4.90 Å². The molecule has 0 aromatic heterocycles. The van der Waals surface area contributed by atoms with Gasteiger partial charge in [-0.25, -0.2) is 0 Å². The molecule has 4 heteroatoms. The fourth-order valence-corrected chi connectivity index (χ4v) is 3.84. The normalized spacial score (nSPS) is 12.0. The minimum Gasteiger partial charge on any atom is -0.282 e. The molecule has 0 unspecified atom stereocenters. The predicted molar refractivity (Wildman–Crippen MR) is 86.4 cm³/mol. The molecule has 0 aliphatic rings. The van der Waals surface area contributed by atoms with Crippen molar-refractivity contribution in [2.75, 3.05) is 0 Å². The summed E-state index contributed by atoms with van der Waals surface area (Å²) in [5, 5.41) is 1.49. The average molecular weight is 306 g/mol. The quantitative estimate of drug-likeness (QED) is 0.806. The molecule has 0 saturated carbocycles. The topological polar surface area (TPSA) is 54.4 Å². The molecule has 3 nitrogen and oxygen atoms in total. The highest BCUT2D eigenvalue weighted by Crippen LogP contribution is 2.31. The molecule has 0 fully saturated rings. The first kappa shape index (κ1) is 16.0. The van der Waals surface area contributed by atoms with Crippen LogP contribution in [0.1, 0.15) is 44.2 Å². The van der Waals surface area contributed by atoms with Crippen molar-refractivity contribution in [3.05, 3.63) is 41.5 Å². The van der Waals surface area contributed by atoms with E-state index < -0.39 is 10.1 Å². The van der Waals surface area contributed by atoms with Crippen LogP contribution in [0.2, 0.25) is 0 Å². The van der Waals surface area contributed by atoms with Crippen LogP contribution in [-0.2, 0) is 23.0 Å². The number of rotatable bonds is 6. The van der Waals surface area contributed by atoms with E-state index in [0.717, 1.165) is 42.2 Å². The summed E-state index contributed by atoms with van der Waals surface area (Å²) in [5.74, 6) is 0. The molecular formula is C17H22O3S. The third kappa shape index (κ3) is 3.44. The summed E-state index contributed by atoms with van der Waals surface area (Å²) in [6, 6.07) is 9.42. The molecule has 114 valence electrons. The molecule has 0 aliphatic heterocycles. The molecule has 0 radical (unpaired) electrons. The molecule has 0 saturated heterocycles. The van der Waals surface area contributed by atoms with Crippen molar-refractivity contribution < 1.29 is 13.0 Å². The van der Waals surface area contributed by atoms with Crippen LogP contribution >= 0.6 is 0 Å². The van der Waals surface area contributed by atoms with Gasteiger partial charge in [-0.05, 0) is 35.8 Å². The second-order valence-corrected chi connectivity index (χ2v) is 6.75. The first-order valence-electron chi connectivity index (χ1n) is 7.50. The SMILES string of the molecule is CCCCc1c(CCC)cc2ccccc2c1S(=O)(=O)O. The summed E-state index contributed by atoms with van der Waals surface area (Å²) < 4.78 is 33.6. The maximum absolute atomic E-state index is 11.9. The molecule has 1 N–H and O–H groups in total. The van der Waals surface area contributed by atoms with E-state index in [4.69, 9.17) is 0 Å². The zero-order chi connectivity index (χ0) is 15.5. The molecule has 0 aliphatic carbocycles. The van der Waals surface area contributed by atoms with E-state index in [2.05, 4.69) is 19.9 Å². The average Bonchev–Trinajstić information content (AvgIpc) is 2.43. The van der Waals surface area contributed by atoms with Crippen LogP contribution in [0.4, 0.5) is 0 Å². The molecule has 0 heterocycles. The van der Waals surface area contributed by atoms with Crippen LogP contribution in [0.3, 0.4) is 0 Å². The third-order valence-corrected chi connectivity index (χ3v) is 4.74. The molecule has 2 aromatic rings. The van der Waals surface area contributed by atoms with Crippen molar-refractivity contribution in [1.82, 2.24) is 0 Å². The first-order valence-corrected chi connectivity index (χ1v) is 8.94. The monoisotopic (exact) mass is 306 g/mol. The lowest BCUT2D eigenvalue weighted by Crippen LogP contribution is -2.08. The molecule has 0 bridgehead atoms. The Morgan fingerprint density at radius 1 is 1.05 bits per heavy atom. The highest BCUT2D eigenvalue weighted by atomic mass is 32.2. The van der Waals surface area contributed by atoms with Crippen molar-refractivity contribution in [2.24, 2.45) is 0 Å². The van der Waals surface area contributed by atoms with Crippen molar-refractivity contribution in [3.63, 3.8) is 0 Å². The lowest BCUT2D eigenvalue weighted by molar-refractivity contribution is 0.482. The first-order chi connectivity index (χ1) is 9.99. The van der Waals surface area contributed by atoms with Crippen LogP contribution in [0, 0.1) is 0 Å². The molecule has 2 rings (SSSR count). The highest BCUT2D eigenvalue weighted by Gasteiger charge is 2.21. The van der Waals surface area contributed by atoms with Gasteiger partial charge in [-0.2, -0.15) is 8.42 Å². The fourth-order valence-electron chi connectivity index (χ4n) is 2.83. The van der Waals surface area contributed by atoms with Crippen LogP contribution in [0.5, 0.6) is 0 Å². The summed E-state index contributed by atoms with van der Waals surface area (Å²) in [4.78, 5) is 0.109. The van der Waals surface area contributed by atoms with E-state index in [1.165, 1.54) is 0 Å². The van der Waals surface area contributed by atoms with Crippen molar-refractivity contribution in [1.29, 1.82) is 0 Å². The Kier molecular flexibility index (Phi) is 5.01. The summed E-state index contributed by atoms with van der Waals surface area (Å²) in [5.41, 5.74) is 1.83. The van der Waals surface area contributed by atoms with E-state index in [1.54, 1.807) is 12.1 Å². The number of aryl methyl sites for hydroxylation is 1. The van der Waals surface area contributed by atoms with Gasteiger partial charge in [0.25, 0.3) is 10.1 Å². The molecule has 0 atom stereocenters. The Balaban J connectivity index is 2.81. The molecular weight excluding hydrogens is 284 g/mol. The molecule has 0 amide bonds. The lowest BCUT2D eigenvalue weighted by atomic mass is 9.94. The zero-order valence-corrected chi connectivity index (χ0v) is 13.4. The van der Waals surface area contributed by atoms with Crippen molar-refractivity contribution >= 4 is 20.9 Å². The van der Waals surface area contributed by atoms with Crippen LogP contribution in [0.15, 0.2) is 35.2 Å². The highest BCUT2D eigenvalue weighted by molar-refractivity contribution is 7.86. The van der Waals surface area contributed by atoms with Crippen LogP contribution in [-0.4, -0.2) is 13.0 Å². The molecule has 21 heavy (non-hydrogen) atoms. The van der Waals surface area contributed by atoms with Crippen molar-refractivity contribution in [3.8, 4) is 0 Å². The van der Waals surface area contributed by atoms with Gasteiger partial charge in [-0.3, -0.25) is 4.55 Å². The van der Waals surface area contributed by atoms with Gasteiger partial charge in [0.15, 0.2) is 0 Å². The Hall–Kier alpha value is -1.39. The van der Waals surface area contributed by atoms with Gasteiger partial charge in [0.05, 0.1) is 0 Å². The number of benzene rings is 2. The minimum atomic E-state index is -4.23. The maximum atomic E-state index is 11.9. The summed E-state index contributed by atoms with van der Waals surface area (Å²) in [6.07, 6.45) is 4.36. The summed E-state index contributed by atoms with van der Waals surface area (Å²) >= 11 is 0. The Morgan fingerprint density at radius 3 is 2.38 bits per heavy atom. The Bertz CT molecular complexity index is 733. The largest absolute Gasteiger partial charge is 0.295 e. The fraction of sp³-hybridized carbons (Fsp3) is 0.412. The van der Waals surface area contributed by atoms with Crippen molar-refractivity contribution in [2.45, 2.75) is 50.8 Å².